The molecule has 0 spiro atoms. The molecular weight excluding hydrogens is 743 g/mol. The standard InChI is InChI=1S/C48H49N5O6/c1-49-18-16-33-26-36(12-15-42(33)49)53(35-10-13-38(54)14-11-35)48(56)41-27-44(51-17-5-4-9-43(41)51)39-28-45-46(59-22-6-21-58-45)29-40(39)47(55)52-30-34-8-3-2-7-32(34)25-37(52)31-50-19-23-57-24-20-50/h2-3,7-8,10-16,18,26-29,37,54H,4-6,9,17,19-25,30-31H2,1H3/t37-/m0/s1/i21D2. The average molecular weight is 794 g/mol. The number of morpholine rings is 1. The molecule has 4 aliphatic heterocycles. The first-order valence-corrected chi connectivity index (χ1v) is 20.7. The van der Waals surface area contributed by atoms with E-state index >= 15 is 9.59 Å². The summed E-state index contributed by atoms with van der Waals surface area (Å²) in [6.07, 6.45) is 5.15. The number of hydrogen-bond donors (Lipinski definition) is 1. The maximum absolute atomic E-state index is 15.5. The van der Waals surface area contributed by atoms with Gasteiger partial charge in [0, 0.05) is 97.7 Å². The summed E-state index contributed by atoms with van der Waals surface area (Å²) in [4.78, 5) is 36.9. The molecule has 0 aliphatic carbocycles. The van der Waals surface area contributed by atoms with Crippen molar-refractivity contribution >= 4 is 34.1 Å². The lowest BCUT2D eigenvalue weighted by Gasteiger charge is -2.40. The molecule has 0 bridgehead atoms. The van der Waals surface area contributed by atoms with Gasteiger partial charge in [-0.2, -0.15) is 0 Å². The number of fused-ring (bicyclic) bond motifs is 4. The number of benzene rings is 4. The highest BCUT2D eigenvalue weighted by Gasteiger charge is 2.36. The molecule has 4 aliphatic rings. The van der Waals surface area contributed by atoms with Gasteiger partial charge in [-0.1, -0.05) is 24.3 Å². The summed E-state index contributed by atoms with van der Waals surface area (Å²) in [5, 5.41) is 11.2. The number of anilines is 2. The van der Waals surface area contributed by atoms with Crippen molar-refractivity contribution in [2.75, 3.05) is 50.9 Å². The van der Waals surface area contributed by atoms with E-state index in [2.05, 4.69) is 27.7 Å². The predicted molar refractivity (Wildman–Crippen MR) is 227 cm³/mol. The summed E-state index contributed by atoms with van der Waals surface area (Å²) < 4.78 is 39.2. The Morgan fingerprint density at radius 1 is 0.831 bits per heavy atom. The van der Waals surface area contributed by atoms with Crippen molar-refractivity contribution in [1.29, 1.82) is 0 Å². The summed E-state index contributed by atoms with van der Waals surface area (Å²) in [7, 11) is 1.99. The topological polar surface area (TPSA) is 102 Å². The minimum absolute atomic E-state index is 0.0197. The molecule has 1 fully saturated rings. The highest BCUT2D eigenvalue weighted by atomic mass is 16.5. The Morgan fingerprint density at radius 2 is 1.63 bits per heavy atom. The highest BCUT2D eigenvalue weighted by Crippen LogP contribution is 2.42. The molecule has 1 atom stereocenters. The van der Waals surface area contributed by atoms with E-state index in [0.717, 1.165) is 48.1 Å². The molecule has 0 saturated carbocycles. The summed E-state index contributed by atoms with van der Waals surface area (Å²) in [5.74, 6) is 0.215. The van der Waals surface area contributed by atoms with Crippen LogP contribution >= 0.6 is 0 Å². The number of rotatable bonds is 7. The van der Waals surface area contributed by atoms with Gasteiger partial charge in [0.05, 0.1) is 40.2 Å². The number of aryl methyl sites for hydroxylation is 1. The van der Waals surface area contributed by atoms with Crippen molar-refractivity contribution in [2.24, 2.45) is 7.05 Å². The van der Waals surface area contributed by atoms with E-state index in [1.165, 1.54) is 5.56 Å². The number of phenolic OH excluding ortho intramolecular Hbond substituents is 1. The normalized spacial score (nSPS) is 19.3. The Labute approximate surface area is 346 Å². The number of aromatic hydroxyl groups is 1. The smallest absolute Gasteiger partial charge is 0.264 e. The minimum Gasteiger partial charge on any atom is -0.508 e. The summed E-state index contributed by atoms with van der Waals surface area (Å²) >= 11 is 0. The van der Waals surface area contributed by atoms with Gasteiger partial charge in [0.25, 0.3) is 11.8 Å². The molecule has 1 N–H and O–H groups in total. The first-order valence-electron chi connectivity index (χ1n) is 21.7. The van der Waals surface area contributed by atoms with Gasteiger partial charge in [0.1, 0.15) is 5.75 Å². The first kappa shape index (κ1) is 35.0. The Hall–Kier alpha value is -6.04. The molecule has 2 aromatic heterocycles. The van der Waals surface area contributed by atoms with E-state index in [1.807, 2.05) is 59.1 Å². The molecule has 302 valence electrons. The average Bonchev–Trinajstić information content (AvgIpc) is 3.79. The number of aromatic nitrogens is 2. The van der Waals surface area contributed by atoms with Crippen molar-refractivity contribution in [3.63, 3.8) is 0 Å². The Morgan fingerprint density at radius 3 is 2.47 bits per heavy atom. The molecule has 11 heteroatoms. The zero-order chi connectivity index (χ0) is 41.8. The molecule has 0 unspecified atom stereocenters. The van der Waals surface area contributed by atoms with Crippen LogP contribution in [0.5, 0.6) is 17.2 Å². The van der Waals surface area contributed by atoms with Crippen LogP contribution in [0.4, 0.5) is 11.4 Å². The van der Waals surface area contributed by atoms with Gasteiger partial charge in [0.15, 0.2) is 11.5 Å². The predicted octanol–water partition coefficient (Wildman–Crippen LogP) is 7.73. The van der Waals surface area contributed by atoms with Gasteiger partial charge in [-0.05, 0) is 104 Å². The number of phenols is 1. The van der Waals surface area contributed by atoms with Crippen LogP contribution in [0.25, 0.3) is 22.2 Å². The van der Waals surface area contributed by atoms with Crippen molar-refractivity contribution < 1.29 is 31.6 Å². The van der Waals surface area contributed by atoms with E-state index in [0.29, 0.717) is 85.2 Å². The zero-order valence-corrected chi connectivity index (χ0v) is 33.2. The van der Waals surface area contributed by atoms with Gasteiger partial charge < -0.3 is 33.4 Å². The number of carbonyl (C=O) groups is 2. The second kappa shape index (κ2) is 15.6. The van der Waals surface area contributed by atoms with Crippen LogP contribution in [0, 0.1) is 0 Å². The lowest BCUT2D eigenvalue weighted by atomic mass is 9.92. The second-order valence-corrected chi connectivity index (χ2v) is 16.0. The van der Waals surface area contributed by atoms with Gasteiger partial charge >= 0.3 is 0 Å². The number of carbonyl (C=O) groups excluding carboxylic acids is 2. The number of hydrogen-bond acceptors (Lipinski definition) is 7. The molecule has 11 nitrogen and oxygen atoms in total. The van der Waals surface area contributed by atoms with Crippen molar-refractivity contribution in [1.82, 2.24) is 18.9 Å². The molecule has 0 radical (unpaired) electrons. The largest absolute Gasteiger partial charge is 0.508 e. The maximum Gasteiger partial charge on any atom is 0.264 e. The van der Waals surface area contributed by atoms with Crippen LogP contribution in [0.3, 0.4) is 0 Å². The molecule has 10 rings (SSSR count). The van der Waals surface area contributed by atoms with E-state index in [4.69, 9.17) is 17.0 Å². The molecular formula is C48H49N5O6. The van der Waals surface area contributed by atoms with Crippen LogP contribution in [0.2, 0.25) is 0 Å². The van der Waals surface area contributed by atoms with E-state index in [1.54, 1.807) is 41.3 Å². The van der Waals surface area contributed by atoms with Gasteiger partial charge in [-0.3, -0.25) is 19.4 Å². The quantitative estimate of drug-likeness (QED) is 0.177. The van der Waals surface area contributed by atoms with Gasteiger partial charge in [-0.25, -0.2) is 0 Å². The molecule has 1 saturated heterocycles. The maximum atomic E-state index is 15.5. The third-order valence-corrected chi connectivity index (χ3v) is 12.3. The zero-order valence-electron chi connectivity index (χ0n) is 35.2. The lowest BCUT2D eigenvalue weighted by molar-refractivity contribution is 0.0193. The number of ether oxygens (including phenoxy) is 3. The monoisotopic (exact) mass is 793 g/mol. The van der Waals surface area contributed by atoms with Gasteiger partial charge in [-0.15, -0.1) is 0 Å². The number of nitrogens with zero attached hydrogens (tertiary/aromatic N) is 5. The fraction of sp³-hybridized carbons (Fsp3) is 0.333. The summed E-state index contributed by atoms with van der Waals surface area (Å²) in [6, 6.07) is 28.2. The Balaban J connectivity index is 1.12. The third-order valence-electron chi connectivity index (χ3n) is 12.3. The Kier molecular flexibility index (Phi) is 9.25. The third kappa shape index (κ3) is 7.02. The molecule has 6 aromatic rings. The number of amides is 2. The molecule has 6 heterocycles. The van der Waals surface area contributed by atoms with Gasteiger partial charge in [0.2, 0.25) is 0 Å². The van der Waals surface area contributed by atoms with Crippen LogP contribution in [-0.4, -0.2) is 87.9 Å². The van der Waals surface area contributed by atoms with E-state index < -0.39 is 6.56 Å². The SMILES string of the molecule is [2H]C1([2H])CCOc2cc(C(=O)N3Cc4ccccc4C[C@H]3CN3CCOCC3)c(-c3cc(C(=O)N(c4ccc(O)cc4)c4ccc5c(ccn5C)c4)c4n3CCCC4)cc2O1. The molecule has 59 heavy (non-hydrogen) atoms. The van der Waals surface area contributed by atoms with Crippen molar-refractivity contribution in [2.45, 2.75) is 51.2 Å². The first-order chi connectivity index (χ1) is 29.6. The molecule has 2 amide bonds. The Bertz CT molecular complexity index is 2650. The summed E-state index contributed by atoms with van der Waals surface area (Å²) in [6.45, 7) is 2.77. The van der Waals surface area contributed by atoms with Crippen LogP contribution < -0.4 is 14.4 Å². The van der Waals surface area contributed by atoms with Crippen molar-refractivity contribution in [3.8, 4) is 28.5 Å². The summed E-state index contributed by atoms with van der Waals surface area (Å²) in [5.41, 5.74) is 7.67. The minimum atomic E-state index is -1.99. The molecule has 4 aromatic carbocycles. The fourth-order valence-corrected chi connectivity index (χ4v) is 9.30. The van der Waals surface area contributed by atoms with E-state index in [9.17, 15) is 5.11 Å². The van der Waals surface area contributed by atoms with Crippen LogP contribution in [0.1, 0.15) is 59.5 Å². The van der Waals surface area contributed by atoms with Crippen LogP contribution in [0.15, 0.2) is 97.2 Å². The highest BCUT2D eigenvalue weighted by molar-refractivity contribution is 6.13. The fourth-order valence-electron chi connectivity index (χ4n) is 9.30. The van der Waals surface area contributed by atoms with Crippen molar-refractivity contribution in [3.05, 3.63) is 125 Å². The van der Waals surface area contributed by atoms with Crippen LogP contribution in [-0.2, 0) is 37.7 Å². The second-order valence-electron chi connectivity index (χ2n) is 16.0. The lowest BCUT2D eigenvalue weighted by Crippen LogP contribution is -2.52. The van der Waals surface area contributed by atoms with E-state index in [-0.39, 0.29) is 42.4 Å².